The van der Waals surface area contributed by atoms with Gasteiger partial charge in [-0.15, -0.1) is 10.2 Å². The molecule has 1 N–H and O–H groups in total. The van der Waals surface area contributed by atoms with Crippen molar-refractivity contribution in [3.63, 3.8) is 0 Å². The molecule has 0 aliphatic rings. The summed E-state index contributed by atoms with van der Waals surface area (Å²) in [6.07, 6.45) is 0. The molecule has 0 unspecified atom stereocenters. The highest BCUT2D eigenvalue weighted by atomic mass is 32.1. The number of nitrogens with zero attached hydrogens (tertiary/aromatic N) is 5. The number of hydrogen-bond acceptors (Lipinski definition) is 6. The van der Waals surface area contributed by atoms with Gasteiger partial charge in [-0.3, -0.25) is 5.10 Å². The normalized spacial score (nSPS) is 11.9. The van der Waals surface area contributed by atoms with Crippen LogP contribution in [0.25, 0.3) is 38.3 Å². The Labute approximate surface area is 183 Å². The van der Waals surface area contributed by atoms with Crippen LogP contribution in [-0.4, -0.2) is 37.1 Å². The first-order valence-electron chi connectivity index (χ1n) is 9.96. The predicted molar refractivity (Wildman–Crippen MR) is 122 cm³/mol. The minimum Gasteiger partial charge on any atom is -0.497 e. The highest BCUT2D eigenvalue weighted by Crippen LogP contribution is 2.31. The molecule has 0 spiro atoms. The van der Waals surface area contributed by atoms with E-state index in [2.05, 4.69) is 65.4 Å². The topological polar surface area (TPSA) is 81.0 Å². The Morgan fingerprint density at radius 3 is 2.32 bits per heavy atom. The van der Waals surface area contributed by atoms with E-state index < -0.39 is 0 Å². The van der Waals surface area contributed by atoms with Crippen molar-refractivity contribution >= 4 is 16.3 Å². The molecule has 0 radical (unpaired) electrons. The van der Waals surface area contributed by atoms with E-state index in [1.807, 2.05) is 30.3 Å². The highest BCUT2D eigenvalue weighted by molar-refractivity contribution is 7.19. The fourth-order valence-electron chi connectivity index (χ4n) is 3.37. The molecule has 2 aromatic carbocycles. The quantitative estimate of drug-likeness (QED) is 0.423. The Kier molecular flexibility index (Phi) is 4.59. The number of nitrogens with one attached hydrogen (secondary N) is 1. The molecule has 31 heavy (non-hydrogen) atoms. The SMILES string of the molecule is COc1ccc(-c2cc(-c3nn4c(-c5ccc(C(C)(C)C)cc5)nnc4s3)[nH]n2)cc1. The average molecular weight is 431 g/mol. The van der Waals surface area contributed by atoms with E-state index in [0.29, 0.717) is 0 Å². The molecule has 0 bridgehead atoms. The van der Waals surface area contributed by atoms with Gasteiger partial charge in [0.05, 0.1) is 18.5 Å². The summed E-state index contributed by atoms with van der Waals surface area (Å²) < 4.78 is 7.01. The van der Waals surface area contributed by atoms with Crippen LogP contribution in [0.4, 0.5) is 0 Å². The van der Waals surface area contributed by atoms with E-state index in [1.54, 1.807) is 11.6 Å². The van der Waals surface area contributed by atoms with Gasteiger partial charge in [0.2, 0.25) is 4.96 Å². The number of rotatable bonds is 4. The molecule has 0 fully saturated rings. The van der Waals surface area contributed by atoms with Gasteiger partial charge in [0.15, 0.2) is 10.8 Å². The first-order chi connectivity index (χ1) is 14.9. The lowest BCUT2D eigenvalue weighted by Crippen LogP contribution is -2.10. The minimum atomic E-state index is 0.106. The molecule has 0 saturated carbocycles. The van der Waals surface area contributed by atoms with Crippen molar-refractivity contribution in [3.8, 4) is 39.1 Å². The summed E-state index contributed by atoms with van der Waals surface area (Å²) in [6.45, 7) is 6.61. The molecular formula is C23H22N6OS. The smallest absolute Gasteiger partial charge is 0.235 e. The van der Waals surface area contributed by atoms with Gasteiger partial charge in [0.1, 0.15) is 5.75 Å². The maximum absolute atomic E-state index is 5.22. The van der Waals surface area contributed by atoms with Gasteiger partial charge in [-0.1, -0.05) is 56.4 Å². The van der Waals surface area contributed by atoms with Gasteiger partial charge in [0, 0.05) is 11.1 Å². The Bertz CT molecular complexity index is 1340. The summed E-state index contributed by atoms with van der Waals surface area (Å²) in [7, 11) is 1.66. The highest BCUT2D eigenvalue weighted by Gasteiger charge is 2.18. The molecular weight excluding hydrogens is 408 g/mol. The second-order valence-corrected chi connectivity index (χ2v) is 9.30. The molecule has 5 aromatic rings. The first kappa shape index (κ1) is 19.4. The largest absolute Gasteiger partial charge is 0.497 e. The van der Waals surface area contributed by atoms with Crippen LogP contribution in [0.15, 0.2) is 54.6 Å². The molecule has 3 heterocycles. The van der Waals surface area contributed by atoms with Crippen molar-refractivity contribution in [1.82, 2.24) is 30.0 Å². The number of H-pyrrole nitrogens is 1. The predicted octanol–water partition coefficient (Wildman–Crippen LogP) is 5.22. The van der Waals surface area contributed by atoms with Crippen LogP contribution in [0.3, 0.4) is 0 Å². The van der Waals surface area contributed by atoms with Crippen molar-refractivity contribution in [2.75, 3.05) is 7.11 Å². The van der Waals surface area contributed by atoms with E-state index in [4.69, 9.17) is 9.84 Å². The van der Waals surface area contributed by atoms with E-state index >= 15 is 0 Å². The summed E-state index contributed by atoms with van der Waals surface area (Å²) in [4.78, 5) is 0.741. The number of methoxy groups -OCH3 is 1. The molecule has 7 nitrogen and oxygen atoms in total. The van der Waals surface area contributed by atoms with Crippen molar-refractivity contribution in [2.24, 2.45) is 0 Å². The van der Waals surface area contributed by atoms with Crippen LogP contribution < -0.4 is 4.74 Å². The number of aromatic nitrogens is 6. The minimum absolute atomic E-state index is 0.106. The second kappa shape index (κ2) is 7.31. The van der Waals surface area contributed by atoms with Crippen molar-refractivity contribution in [2.45, 2.75) is 26.2 Å². The number of hydrogen-bond donors (Lipinski definition) is 1. The van der Waals surface area contributed by atoms with E-state index in [9.17, 15) is 0 Å². The third-order valence-electron chi connectivity index (χ3n) is 5.19. The Morgan fingerprint density at radius 1 is 0.935 bits per heavy atom. The van der Waals surface area contributed by atoms with Crippen LogP contribution >= 0.6 is 11.3 Å². The molecule has 0 amide bonds. The third kappa shape index (κ3) is 3.59. The first-order valence-corrected chi connectivity index (χ1v) is 10.8. The maximum atomic E-state index is 5.22. The third-order valence-corrected chi connectivity index (χ3v) is 6.13. The van der Waals surface area contributed by atoms with Gasteiger partial charge >= 0.3 is 0 Å². The van der Waals surface area contributed by atoms with E-state index in [0.717, 1.165) is 44.1 Å². The van der Waals surface area contributed by atoms with Gasteiger partial charge in [-0.05, 0) is 41.3 Å². The van der Waals surface area contributed by atoms with Crippen molar-refractivity contribution in [3.05, 3.63) is 60.2 Å². The number of fused-ring (bicyclic) bond motifs is 1. The Balaban J connectivity index is 1.46. The second-order valence-electron chi connectivity index (χ2n) is 8.35. The van der Waals surface area contributed by atoms with E-state index in [1.165, 1.54) is 16.9 Å². The Morgan fingerprint density at radius 2 is 1.65 bits per heavy atom. The summed E-state index contributed by atoms with van der Waals surface area (Å²) in [6, 6.07) is 18.2. The lowest BCUT2D eigenvalue weighted by atomic mass is 9.87. The zero-order valence-electron chi connectivity index (χ0n) is 17.7. The Hall–Kier alpha value is -3.52. The molecule has 5 rings (SSSR count). The summed E-state index contributed by atoms with van der Waals surface area (Å²) in [5, 5.41) is 21.7. The van der Waals surface area contributed by atoms with Crippen LogP contribution in [0.2, 0.25) is 0 Å². The zero-order chi connectivity index (χ0) is 21.6. The van der Waals surface area contributed by atoms with Crippen LogP contribution in [0.5, 0.6) is 5.75 Å². The maximum Gasteiger partial charge on any atom is 0.235 e. The molecule has 156 valence electrons. The van der Waals surface area contributed by atoms with Crippen molar-refractivity contribution in [1.29, 1.82) is 0 Å². The van der Waals surface area contributed by atoms with Gasteiger partial charge in [-0.25, -0.2) is 0 Å². The summed E-state index contributed by atoms with van der Waals surface area (Å²) >= 11 is 1.47. The fraction of sp³-hybridized carbons (Fsp3) is 0.217. The lowest BCUT2D eigenvalue weighted by Gasteiger charge is -2.18. The van der Waals surface area contributed by atoms with Crippen molar-refractivity contribution < 1.29 is 4.74 Å². The van der Waals surface area contributed by atoms with Crippen LogP contribution in [-0.2, 0) is 5.41 Å². The molecule has 0 atom stereocenters. The van der Waals surface area contributed by atoms with Crippen LogP contribution in [0.1, 0.15) is 26.3 Å². The monoisotopic (exact) mass is 430 g/mol. The van der Waals surface area contributed by atoms with Gasteiger partial charge in [-0.2, -0.15) is 14.7 Å². The summed E-state index contributed by atoms with van der Waals surface area (Å²) in [5.41, 5.74) is 5.07. The molecule has 8 heteroatoms. The number of ether oxygens (including phenoxy) is 1. The standard InChI is InChI=1S/C23H22N6OS/c1-23(2,3)16-9-5-15(6-10-16)20-26-27-22-29(20)28-21(31-22)19-13-18(24-25-19)14-7-11-17(30-4)12-8-14/h5-13H,1-4H3,(H,24,25). The molecule has 0 aliphatic carbocycles. The molecule has 0 aliphatic heterocycles. The van der Waals surface area contributed by atoms with Crippen LogP contribution in [0, 0.1) is 0 Å². The number of aromatic amines is 1. The average Bonchev–Trinajstić information content (AvgIpc) is 3.49. The summed E-state index contributed by atoms with van der Waals surface area (Å²) in [5.74, 6) is 1.55. The molecule has 3 aromatic heterocycles. The lowest BCUT2D eigenvalue weighted by molar-refractivity contribution is 0.415. The zero-order valence-corrected chi connectivity index (χ0v) is 18.6. The number of benzene rings is 2. The van der Waals surface area contributed by atoms with E-state index in [-0.39, 0.29) is 5.41 Å². The fourth-order valence-corrected chi connectivity index (χ4v) is 4.17. The molecule has 0 saturated heterocycles. The van der Waals surface area contributed by atoms with Gasteiger partial charge in [0.25, 0.3) is 0 Å². The van der Waals surface area contributed by atoms with Gasteiger partial charge < -0.3 is 4.74 Å².